The van der Waals surface area contributed by atoms with Crippen LogP contribution < -0.4 is 9.47 Å². The molecule has 10 N–H and O–H groups in total. The third kappa shape index (κ3) is 7.28. The summed E-state index contributed by atoms with van der Waals surface area (Å²) in [5, 5.41) is 107. The van der Waals surface area contributed by atoms with Gasteiger partial charge in [0, 0.05) is 52.8 Å². The van der Waals surface area contributed by atoms with Crippen LogP contribution in [-0.2, 0) is 0 Å². The van der Waals surface area contributed by atoms with Crippen LogP contribution in [0.2, 0.25) is 0 Å². The topological polar surface area (TPSA) is 221 Å². The molecule has 0 aromatic heterocycles. The van der Waals surface area contributed by atoms with Crippen LogP contribution in [0, 0.1) is 0 Å². The van der Waals surface area contributed by atoms with Gasteiger partial charge in [0.15, 0.2) is 0 Å². The van der Waals surface area contributed by atoms with E-state index in [0.717, 1.165) is 11.1 Å². The molecule has 11 rings (SSSR count). The van der Waals surface area contributed by atoms with Gasteiger partial charge < -0.3 is 60.5 Å². The van der Waals surface area contributed by atoms with Gasteiger partial charge >= 0.3 is 0 Å². The molecule has 2 heterocycles. The van der Waals surface area contributed by atoms with Crippen LogP contribution in [0.1, 0.15) is 97.1 Å². The molecule has 338 valence electrons. The predicted octanol–water partition coefficient (Wildman–Crippen LogP) is 10.7. The van der Waals surface area contributed by atoms with E-state index in [-0.39, 0.29) is 57.5 Å². The van der Waals surface area contributed by atoms with Crippen LogP contribution in [0.4, 0.5) is 0 Å². The van der Waals surface area contributed by atoms with Crippen LogP contribution in [0.15, 0.2) is 152 Å². The molecule has 8 aromatic carbocycles. The quantitative estimate of drug-likeness (QED) is 0.0722. The highest BCUT2D eigenvalue weighted by Gasteiger charge is 2.44. The first kappa shape index (κ1) is 41.8. The Hall–Kier alpha value is -8.90. The highest BCUT2D eigenvalue weighted by molar-refractivity contribution is 5.93. The molecule has 0 saturated heterocycles. The number of benzene rings is 8. The Morgan fingerprint density at radius 1 is 0.324 bits per heavy atom. The molecule has 0 saturated carbocycles. The third-order valence-corrected chi connectivity index (χ3v) is 13.3. The number of rotatable bonds is 7. The lowest BCUT2D eigenvalue weighted by Gasteiger charge is -2.24. The SMILES string of the molecule is Oc1ccc([C@@H]2c3c(O)cc(O)cc3/C(=C\c3ccc4c(c3)[C@H](c3cc(O)cc(O)c3)[C@@H](c3ccc5c(c3)[C@H](c3cc(O)cc(O)c3)[C@@H](c3ccc(O)cc3)O5)O4)[C@H]2c2cc(O)cc(O)c2)cc1. The van der Waals surface area contributed by atoms with Gasteiger partial charge in [0.05, 0.1) is 11.8 Å². The van der Waals surface area contributed by atoms with E-state index in [2.05, 4.69) is 0 Å². The summed E-state index contributed by atoms with van der Waals surface area (Å²) < 4.78 is 13.4. The second kappa shape index (κ2) is 15.9. The maximum Gasteiger partial charge on any atom is 0.135 e. The van der Waals surface area contributed by atoms with Gasteiger partial charge in [0.25, 0.3) is 0 Å². The lowest BCUT2D eigenvalue weighted by Crippen LogP contribution is -2.13. The molecule has 0 spiro atoms. The normalized spacial score (nSPS) is 20.6. The highest BCUT2D eigenvalue weighted by Crippen LogP contribution is 2.60. The molecule has 0 fully saturated rings. The first-order chi connectivity index (χ1) is 32.7. The summed E-state index contributed by atoms with van der Waals surface area (Å²) in [5.74, 6) is -2.46. The molecular formula is C56H42O12. The van der Waals surface area contributed by atoms with Crippen molar-refractivity contribution < 1.29 is 60.5 Å². The van der Waals surface area contributed by atoms with Crippen LogP contribution in [0.25, 0.3) is 11.6 Å². The van der Waals surface area contributed by atoms with Gasteiger partial charge in [-0.05, 0) is 141 Å². The van der Waals surface area contributed by atoms with Crippen LogP contribution in [0.3, 0.4) is 0 Å². The van der Waals surface area contributed by atoms with Gasteiger partial charge in [0.2, 0.25) is 0 Å². The van der Waals surface area contributed by atoms with Gasteiger partial charge in [-0.15, -0.1) is 0 Å². The van der Waals surface area contributed by atoms with Gasteiger partial charge in [-0.3, -0.25) is 0 Å². The van der Waals surface area contributed by atoms with Crippen molar-refractivity contribution >= 4 is 11.6 Å². The predicted molar refractivity (Wildman–Crippen MR) is 251 cm³/mol. The minimum absolute atomic E-state index is 0.0422. The number of hydrogen-bond donors (Lipinski definition) is 10. The van der Waals surface area contributed by atoms with E-state index >= 15 is 0 Å². The summed E-state index contributed by atoms with van der Waals surface area (Å²) in [4.78, 5) is 0. The minimum atomic E-state index is -0.728. The van der Waals surface area contributed by atoms with Crippen molar-refractivity contribution in [3.8, 4) is 69.0 Å². The Balaban J connectivity index is 1.06. The lowest BCUT2D eigenvalue weighted by atomic mass is 9.79. The van der Waals surface area contributed by atoms with Crippen molar-refractivity contribution in [2.45, 2.75) is 35.9 Å². The molecule has 68 heavy (non-hydrogen) atoms. The Kier molecular flexibility index (Phi) is 9.78. The molecule has 0 bridgehead atoms. The number of aromatic hydroxyl groups is 10. The fourth-order valence-electron chi connectivity index (χ4n) is 10.6. The molecular weight excluding hydrogens is 865 g/mol. The van der Waals surface area contributed by atoms with Gasteiger partial charge in [0.1, 0.15) is 81.2 Å². The number of phenols is 10. The Morgan fingerprint density at radius 2 is 0.750 bits per heavy atom. The lowest BCUT2D eigenvalue weighted by molar-refractivity contribution is 0.221. The zero-order chi connectivity index (χ0) is 47.1. The Morgan fingerprint density at radius 3 is 1.28 bits per heavy atom. The molecule has 6 atom stereocenters. The average molecular weight is 907 g/mol. The molecule has 0 amide bonds. The Bertz CT molecular complexity index is 3280. The maximum absolute atomic E-state index is 11.5. The smallest absolute Gasteiger partial charge is 0.135 e. The first-order valence-electron chi connectivity index (χ1n) is 21.8. The fourth-order valence-corrected chi connectivity index (χ4v) is 10.6. The monoisotopic (exact) mass is 906 g/mol. The molecule has 2 aliphatic heterocycles. The van der Waals surface area contributed by atoms with E-state index < -0.39 is 35.9 Å². The fraction of sp³-hybridized carbons (Fsp3) is 0.107. The number of allylic oxidation sites excluding steroid dienone is 1. The Labute approximate surface area is 388 Å². The van der Waals surface area contributed by atoms with Crippen molar-refractivity contribution in [1.29, 1.82) is 0 Å². The van der Waals surface area contributed by atoms with Gasteiger partial charge in [-0.2, -0.15) is 0 Å². The largest absolute Gasteiger partial charge is 0.508 e. The number of phenolic OH excluding ortho intramolecular Hbond substituents is 10. The highest BCUT2D eigenvalue weighted by atomic mass is 16.5. The van der Waals surface area contributed by atoms with Crippen LogP contribution in [-0.4, -0.2) is 51.1 Å². The molecule has 12 nitrogen and oxygen atoms in total. The summed E-state index contributed by atoms with van der Waals surface area (Å²) >= 11 is 0. The summed E-state index contributed by atoms with van der Waals surface area (Å²) in [6.45, 7) is 0. The maximum atomic E-state index is 11.5. The molecule has 12 heteroatoms. The number of hydrogen-bond acceptors (Lipinski definition) is 12. The molecule has 8 aromatic rings. The van der Waals surface area contributed by atoms with Crippen molar-refractivity contribution in [2.24, 2.45) is 0 Å². The van der Waals surface area contributed by atoms with Crippen LogP contribution in [0.5, 0.6) is 69.0 Å². The van der Waals surface area contributed by atoms with Gasteiger partial charge in [-0.1, -0.05) is 42.5 Å². The van der Waals surface area contributed by atoms with Crippen molar-refractivity contribution in [3.63, 3.8) is 0 Å². The average Bonchev–Trinajstić information content (AvgIpc) is 3.96. The summed E-state index contributed by atoms with van der Waals surface area (Å²) in [7, 11) is 0. The molecule has 1 aliphatic carbocycles. The molecule has 0 unspecified atom stereocenters. The van der Waals surface area contributed by atoms with Crippen molar-refractivity contribution in [1.82, 2.24) is 0 Å². The van der Waals surface area contributed by atoms with E-state index in [9.17, 15) is 51.1 Å². The zero-order valence-electron chi connectivity index (χ0n) is 35.8. The van der Waals surface area contributed by atoms with Crippen molar-refractivity contribution in [3.05, 3.63) is 213 Å². The van der Waals surface area contributed by atoms with Gasteiger partial charge in [-0.25, -0.2) is 0 Å². The summed E-state index contributed by atoms with van der Waals surface area (Å²) in [6, 6.07) is 40.5. The van der Waals surface area contributed by atoms with E-state index in [1.54, 1.807) is 91.0 Å². The molecule has 0 radical (unpaired) electrons. The van der Waals surface area contributed by atoms with Crippen LogP contribution >= 0.6 is 0 Å². The standard InChI is InChI=1S/C56H42O12/c57-34-7-2-28(3-8-34)53-50(31-15-36(59)22-37(60)16-31)43(44-25-42(65)26-47(66)54(44)53)13-27-1-11-48-45(14-27)51(32-17-38(61)23-39(62)18-32)56(68-48)30-6-12-49-46(21-30)52(33-19-40(63)24-41(64)20-33)55(67-49)29-4-9-35(58)10-5-29/h1-26,50-53,55-66H/b43-13+/t50-,51+,52+,53+,55-,56-/m1/s1. The van der Waals surface area contributed by atoms with E-state index in [1.165, 1.54) is 24.3 Å². The summed E-state index contributed by atoms with van der Waals surface area (Å²) in [5.41, 5.74) is 7.63. The third-order valence-electron chi connectivity index (χ3n) is 13.3. The van der Waals surface area contributed by atoms with E-state index in [0.29, 0.717) is 67.1 Å². The van der Waals surface area contributed by atoms with E-state index in [4.69, 9.17) is 9.47 Å². The van der Waals surface area contributed by atoms with E-state index in [1.807, 2.05) is 42.5 Å². The first-order valence-corrected chi connectivity index (χ1v) is 21.8. The zero-order valence-corrected chi connectivity index (χ0v) is 35.8. The second-order valence-electron chi connectivity index (χ2n) is 17.6. The summed E-state index contributed by atoms with van der Waals surface area (Å²) in [6.07, 6.45) is 0.581. The number of fused-ring (bicyclic) bond motifs is 3. The minimum Gasteiger partial charge on any atom is -0.508 e. The number of ether oxygens (including phenoxy) is 2. The molecule has 3 aliphatic rings. The van der Waals surface area contributed by atoms with Crippen molar-refractivity contribution in [2.75, 3.05) is 0 Å². The second-order valence-corrected chi connectivity index (χ2v) is 17.6.